The summed E-state index contributed by atoms with van der Waals surface area (Å²) < 4.78 is 1.00. The van der Waals surface area contributed by atoms with Crippen LogP contribution in [0.4, 0.5) is 11.4 Å². The fourth-order valence-corrected chi connectivity index (χ4v) is 2.81. The van der Waals surface area contributed by atoms with Gasteiger partial charge in [-0.2, -0.15) is 5.26 Å². The van der Waals surface area contributed by atoms with Gasteiger partial charge in [0, 0.05) is 14.3 Å². The molecule has 1 aromatic carbocycles. The van der Waals surface area contributed by atoms with Gasteiger partial charge in [0.2, 0.25) is 0 Å². The van der Waals surface area contributed by atoms with Crippen LogP contribution in [0.25, 0.3) is 0 Å². The van der Waals surface area contributed by atoms with Gasteiger partial charge >= 0.3 is 0 Å². The Labute approximate surface area is 130 Å². The van der Waals surface area contributed by atoms with Gasteiger partial charge in [0.05, 0.1) is 22.6 Å². The minimum absolute atomic E-state index is 0.566. The zero-order valence-corrected chi connectivity index (χ0v) is 13.4. The Morgan fingerprint density at radius 1 is 1.26 bits per heavy atom. The number of nitriles is 1. The molecular formula is C14H11ClIN3. The van der Waals surface area contributed by atoms with Crippen LogP contribution in [0.3, 0.4) is 0 Å². The molecule has 1 aromatic heterocycles. The molecule has 0 saturated heterocycles. The van der Waals surface area contributed by atoms with E-state index in [1.807, 2.05) is 38.1 Å². The molecule has 2 rings (SSSR count). The highest BCUT2D eigenvalue weighted by molar-refractivity contribution is 14.1. The average Bonchev–Trinajstić information content (AvgIpc) is 2.32. The Morgan fingerprint density at radius 3 is 2.63 bits per heavy atom. The van der Waals surface area contributed by atoms with Gasteiger partial charge < -0.3 is 5.32 Å². The largest absolute Gasteiger partial charge is 0.353 e. The van der Waals surface area contributed by atoms with Gasteiger partial charge in [0.1, 0.15) is 6.07 Å². The van der Waals surface area contributed by atoms with Gasteiger partial charge in [0.25, 0.3) is 0 Å². The van der Waals surface area contributed by atoms with Crippen LogP contribution in [-0.2, 0) is 0 Å². The van der Waals surface area contributed by atoms with E-state index < -0.39 is 0 Å². The molecule has 0 fully saturated rings. The number of aryl methyl sites for hydroxylation is 2. The second-order valence-corrected chi connectivity index (χ2v) is 5.73. The van der Waals surface area contributed by atoms with Gasteiger partial charge in [0.15, 0.2) is 0 Å². The van der Waals surface area contributed by atoms with Crippen molar-refractivity contribution in [3.8, 4) is 6.07 Å². The molecule has 5 heteroatoms. The van der Waals surface area contributed by atoms with Crippen LogP contribution in [0.15, 0.2) is 24.3 Å². The van der Waals surface area contributed by atoms with Crippen LogP contribution < -0.4 is 5.32 Å². The first-order chi connectivity index (χ1) is 9.01. The number of nitrogens with one attached hydrogen (secondary N) is 1. The molecule has 1 N–H and O–H groups in total. The van der Waals surface area contributed by atoms with Gasteiger partial charge in [-0.05, 0) is 60.7 Å². The van der Waals surface area contributed by atoms with Crippen molar-refractivity contribution < 1.29 is 0 Å². The van der Waals surface area contributed by atoms with Gasteiger partial charge in [-0.1, -0.05) is 11.6 Å². The van der Waals surface area contributed by atoms with Crippen molar-refractivity contribution in [2.45, 2.75) is 13.8 Å². The first-order valence-electron chi connectivity index (χ1n) is 5.61. The highest BCUT2D eigenvalue weighted by atomic mass is 127. The molecular weight excluding hydrogens is 373 g/mol. The van der Waals surface area contributed by atoms with Crippen molar-refractivity contribution in [2.75, 3.05) is 5.32 Å². The highest BCUT2D eigenvalue weighted by Gasteiger charge is 2.09. The van der Waals surface area contributed by atoms with E-state index in [0.29, 0.717) is 10.6 Å². The summed E-state index contributed by atoms with van der Waals surface area (Å²) in [4.78, 5) is 4.30. The zero-order chi connectivity index (χ0) is 14.0. The third kappa shape index (κ3) is 3.17. The summed E-state index contributed by atoms with van der Waals surface area (Å²) in [6.07, 6.45) is 0. The Bertz CT molecular complexity index is 677. The normalized spacial score (nSPS) is 10.1. The lowest BCUT2D eigenvalue weighted by molar-refractivity contribution is 1.11. The third-order valence-corrected chi connectivity index (χ3v) is 3.77. The van der Waals surface area contributed by atoms with E-state index in [-0.39, 0.29) is 0 Å². The quantitative estimate of drug-likeness (QED) is 0.773. The molecule has 2 aromatic rings. The standard InChI is InChI=1S/C14H11ClIN3/c1-8-5-14(11(7-17)9(2)18-8)19-13-4-3-10(15)6-12(13)16/h3-6H,1-2H3,(H,18,19). The first kappa shape index (κ1) is 14.1. The predicted molar refractivity (Wildman–Crippen MR) is 85.9 cm³/mol. The van der Waals surface area contributed by atoms with Crippen LogP contribution in [0.2, 0.25) is 5.02 Å². The highest BCUT2D eigenvalue weighted by Crippen LogP contribution is 2.28. The van der Waals surface area contributed by atoms with Crippen LogP contribution in [0, 0.1) is 28.7 Å². The van der Waals surface area contributed by atoms with E-state index in [4.69, 9.17) is 11.6 Å². The lowest BCUT2D eigenvalue weighted by Crippen LogP contribution is -2.00. The molecule has 1 heterocycles. The third-order valence-electron chi connectivity index (χ3n) is 2.64. The van der Waals surface area contributed by atoms with E-state index >= 15 is 0 Å². The van der Waals surface area contributed by atoms with Gasteiger partial charge in [-0.3, -0.25) is 4.98 Å². The molecule has 0 bridgehead atoms. The number of hydrogen-bond acceptors (Lipinski definition) is 3. The van der Waals surface area contributed by atoms with Crippen molar-refractivity contribution in [3.63, 3.8) is 0 Å². The second kappa shape index (κ2) is 5.76. The summed E-state index contributed by atoms with van der Waals surface area (Å²) in [6, 6.07) is 9.65. The average molecular weight is 384 g/mol. The number of nitrogens with zero attached hydrogens (tertiary/aromatic N) is 2. The number of pyridine rings is 1. The van der Waals surface area contributed by atoms with Crippen molar-refractivity contribution >= 4 is 45.6 Å². The Balaban J connectivity index is 2.46. The fourth-order valence-electron chi connectivity index (χ4n) is 1.80. The lowest BCUT2D eigenvalue weighted by atomic mass is 10.1. The fraction of sp³-hybridized carbons (Fsp3) is 0.143. The number of rotatable bonds is 2. The molecule has 3 nitrogen and oxygen atoms in total. The molecule has 0 saturated carbocycles. The molecule has 0 aliphatic heterocycles. The number of anilines is 2. The SMILES string of the molecule is Cc1cc(Nc2ccc(Cl)cc2I)c(C#N)c(C)n1. The topological polar surface area (TPSA) is 48.7 Å². The van der Waals surface area contributed by atoms with Crippen molar-refractivity contribution in [2.24, 2.45) is 0 Å². The first-order valence-corrected chi connectivity index (χ1v) is 7.07. The molecule has 0 atom stereocenters. The summed E-state index contributed by atoms with van der Waals surface area (Å²) in [5.74, 6) is 0. The number of hydrogen-bond donors (Lipinski definition) is 1. The molecule has 0 unspecified atom stereocenters. The summed E-state index contributed by atoms with van der Waals surface area (Å²) in [5, 5.41) is 13.2. The van der Waals surface area contributed by atoms with E-state index in [1.165, 1.54) is 0 Å². The number of halogens is 2. The van der Waals surface area contributed by atoms with E-state index in [1.54, 1.807) is 0 Å². The van der Waals surface area contributed by atoms with Crippen molar-refractivity contribution in [1.82, 2.24) is 4.98 Å². The monoisotopic (exact) mass is 383 g/mol. The Morgan fingerprint density at radius 2 is 2.00 bits per heavy atom. The summed E-state index contributed by atoms with van der Waals surface area (Å²) >= 11 is 8.14. The van der Waals surface area contributed by atoms with Crippen molar-refractivity contribution in [1.29, 1.82) is 5.26 Å². The Kier molecular flexibility index (Phi) is 4.27. The second-order valence-electron chi connectivity index (χ2n) is 4.13. The molecule has 0 spiro atoms. The number of benzene rings is 1. The summed E-state index contributed by atoms with van der Waals surface area (Å²) in [7, 11) is 0. The molecule has 19 heavy (non-hydrogen) atoms. The zero-order valence-electron chi connectivity index (χ0n) is 10.5. The van der Waals surface area contributed by atoms with Crippen LogP contribution >= 0.6 is 34.2 Å². The maximum absolute atomic E-state index is 9.23. The smallest absolute Gasteiger partial charge is 0.103 e. The minimum atomic E-state index is 0.566. The lowest BCUT2D eigenvalue weighted by Gasteiger charge is -2.12. The molecule has 96 valence electrons. The summed E-state index contributed by atoms with van der Waals surface area (Å²) in [5.41, 5.74) is 3.87. The molecule has 0 amide bonds. The molecule has 0 aliphatic rings. The maximum atomic E-state index is 9.23. The van der Waals surface area contributed by atoms with Crippen LogP contribution in [-0.4, -0.2) is 4.98 Å². The number of aromatic nitrogens is 1. The minimum Gasteiger partial charge on any atom is -0.353 e. The Hall–Kier alpha value is -1.32. The van der Waals surface area contributed by atoms with Gasteiger partial charge in [-0.15, -0.1) is 0 Å². The van der Waals surface area contributed by atoms with Gasteiger partial charge in [-0.25, -0.2) is 0 Å². The van der Waals surface area contributed by atoms with Crippen LogP contribution in [0.1, 0.15) is 17.0 Å². The summed E-state index contributed by atoms with van der Waals surface area (Å²) in [6.45, 7) is 3.75. The molecule has 0 radical (unpaired) electrons. The van der Waals surface area contributed by atoms with Crippen LogP contribution in [0.5, 0.6) is 0 Å². The van der Waals surface area contributed by atoms with E-state index in [0.717, 1.165) is 26.3 Å². The van der Waals surface area contributed by atoms with E-state index in [9.17, 15) is 5.26 Å². The predicted octanol–water partition coefficient (Wildman–Crippen LogP) is 4.57. The maximum Gasteiger partial charge on any atom is 0.103 e. The molecule has 0 aliphatic carbocycles. The van der Waals surface area contributed by atoms with E-state index in [2.05, 4.69) is 39.0 Å². The van der Waals surface area contributed by atoms with Crippen molar-refractivity contribution in [3.05, 3.63) is 49.8 Å².